The molecule has 1 aliphatic rings. The van der Waals surface area contributed by atoms with Crippen molar-refractivity contribution in [2.75, 3.05) is 5.75 Å². The summed E-state index contributed by atoms with van der Waals surface area (Å²) in [5.41, 5.74) is 0. The number of benzene rings is 1. The van der Waals surface area contributed by atoms with Gasteiger partial charge < -0.3 is 0 Å². The topological polar surface area (TPSA) is 34.1 Å². The standard InChI is InChI=1S/C11H13FO2S/c12-10-6-1-2-7-11(10)15(13,14)8-9-4-3-5-9/h1-2,6-7,9H,3-5,8H2. The maximum absolute atomic E-state index is 13.3. The molecule has 0 saturated heterocycles. The average molecular weight is 228 g/mol. The highest BCUT2D eigenvalue weighted by Gasteiger charge is 2.27. The Morgan fingerprint density at radius 1 is 1.27 bits per heavy atom. The molecule has 0 unspecified atom stereocenters. The quantitative estimate of drug-likeness (QED) is 0.796. The molecule has 0 spiro atoms. The van der Waals surface area contributed by atoms with E-state index >= 15 is 0 Å². The van der Waals surface area contributed by atoms with Crippen LogP contribution in [0.3, 0.4) is 0 Å². The van der Waals surface area contributed by atoms with Crippen LogP contribution >= 0.6 is 0 Å². The van der Waals surface area contributed by atoms with Crippen molar-refractivity contribution in [3.8, 4) is 0 Å². The van der Waals surface area contributed by atoms with Crippen LogP contribution in [0.1, 0.15) is 19.3 Å². The monoisotopic (exact) mass is 228 g/mol. The first-order valence-electron chi connectivity index (χ1n) is 5.07. The Bertz CT molecular complexity index is 449. The van der Waals surface area contributed by atoms with Crippen LogP contribution in [0.5, 0.6) is 0 Å². The molecule has 1 aromatic carbocycles. The highest BCUT2D eigenvalue weighted by Crippen LogP contribution is 2.30. The highest BCUT2D eigenvalue weighted by atomic mass is 32.2. The largest absolute Gasteiger partial charge is 0.224 e. The van der Waals surface area contributed by atoms with E-state index in [0.717, 1.165) is 19.3 Å². The zero-order valence-electron chi connectivity index (χ0n) is 8.32. The summed E-state index contributed by atoms with van der Waals surface area (Å²) in [6.45, 7) is 0. The fourth-order valence-electron chi connectivity index (χ4n) is 1.76. The van der Waals surface area contributed by atoms with Crippen molar-refractivity contribution in [1.82, 2.24) is 0 Å². The van der Waals surface area contributed by atoms with Crippen LogP contribution in [0, 0.1) is 11.7 Å². The predicted octanol–water partition coefficient (Wildman–Crippen LogP) is 2.40. The molecule has 1 fully saturated rings. The van der Waals surface area contributed by atoms with Gasteiger partial charge in [0.05, 0.1) is 5.75 Å². The van der Waals surface area contributed by atoms with Crippen LogP contribution in [0.15, 0.2) is 29.2 Å². The smallest absolute Gasteiger partial charge is 0.181 e. The lowest BCUT2D eigenvalue weighted by Crippen LogP contribution is -2.22. The van der Waals surface area contributed by atoms with Crippen LogP contribution in [0.25, 0.3) is 0 Å². The second-order valence-corrected chi connectivity index (χ2v) is 6.01. The summed E-state index contributed by atoms with van der Waals surface area (Å²) in [7, 11) is -3.43. The van der Waals surface area contributed by atoms with Gasteiger partial charge in [-0.3, -0.25) is 0 Å². The number of hydrogen-bond donors (Lipinski definition) is 0. The van der Waals surface area contributed by atoms with E-state index in [-0.39, 0.29) is 16.6 Å². The van der Waals surface area contributed by atoms with E-state index in [0.29, 0.717) is 0 Å². The van der Waals surface area contributed by atoms with Crippen molar-refractivity contribution >= 4 is 9.84 Å². The second-order valence-electron chi connectivity index (χ2n) is 4.01. The van der Waals surface area contributed by atoms with E-state index in [1.54, 1.807) is 6.07 Å². The van der Waals surface area contributed by atoms with Crippen molar-refractivity contribution < 1.29 is 12.8 Å². The third kappa shape index (κ3) is 2.20. The van der Waals surface area contributed by atoms with Crippen LogP contribution in [-0.2, 0) is 9.84 Å². The summed E-state index contributed by atoms with van der Waals surface area (Å²) < 4.78 is 36.9. The van der Waals surface area contributed by atoms with Gasteiger partial charge in [0.15, 0.2) is 9.84 Å². The van der Waals surface area contributed by atoms with Crippen LogP contribution in [0.4, 0.5) is 4.39 Å². The molecule has 4 heteroatoms. The highest BCUT2D eigenvalue weighted by molar-refractivity contribution is 7.91. The Morgan fingerprint density at radius 2 is 1.93 bits per heavy atom. The first-order valence-corrected chi connectivity index (χ1v) is 6.72. The van der Waals surface area contributed by atoms with Gasteiger partial charge in [-0.15, -0.1) is 0 Å². The predicted molar refractivity (Wildman–Crippen MR) is 55.8 cm³/mol. The lowest BCUT2D eigenvalue weighted by molar-refractivity contribution is 0.347. The maximum atomic E-state index is 13.3. The number of halogens is 1. The number of sulfone groups is 1. The fraction of sp³-hybridized carbons (Fsp3) is 0.455. The van der Waals surface area contributed by atoms with Gasteiger partial charge in [-0.05, 0) is 30.9 Å². The molecule has 2 rings (SSSR count). The molecule has 1 aromatic rings. The molecule has 0 aliphatic heterocycles. The molecule has 0 bridgehead atoms. The Labute approximate surface area is 89.0 Å². The normalized spacial score (nSPS) is 17.4. The maximum Gasteiger partial charge on any atom is 0.181 e. The van der Waals surface area contributed by atoms with Crippen molar-refractivity contribution in [1.29, 1.82) is 0 Å². The van der Waals surface area contributed by atoms with Crippen molar-refractivity contribution in [2.45, 2.75) is 24.2 Å². The Hall–Kier alpha value is -0.900. The van der Waals surface area contributed by atoms with Gasteiger partial charge in [0.2, 0.25) is 0 Å². The summed E-state index contributed by atoms with van der Waals surface area (Å²) in [6.07, 6.45) is 3.00. The van der Waals surface area contributed by atoms with Crippen molar-refractivity contribution in [3.05, 3.63) is 30.1 Å². The van der Waals surface area contributed by atoms with E-state index in [2.05, 4.69) is 0 Å². The molecule has 0 aromatic heterocycles. The SMILES string of the molecule is O=S(=O)(CC1CCC1)c1ccccc1F. The fourth-order valence-corrected chi connectivity index (χ4v) is 3.54. The summed E-state index contributed by atoms with van der Waals surface area (Å²) in [6, 6.07) is 5.57. The third-order valence-electron chi connectivity index (χ3n) is 2.85. The Balaban J connectivity index is 2.24. The van der Waals surface area contributed by atoms with Gasteiger partial charge in [0.25, 0.3) is 0 Å². The minimum atomic E-state index is -3.43. The summed E-state index contributed by atoms with van der Waals surface area (Å²) >= 11 is 0. The van der Waals surface area contributed by atoms with E-state index in [1.807, 2.05) is 0 Å². The zero-order valence-corrected chi connectivity index (χ0v) is 9.13. The zero-order chi connectivity index (χ0) is 10.9. The average Bonchev–Trinajstić information content (AvgIpc) is 2.12. The Morgan fingerprint density at radius 3 is 2.47 bits per heavy atom. The molecule has 2 nitrogen and oxygen atoms in total. The van der Waals surface area contributed by atoms with Crippen LogP contribution < -0.4 is 0 Å². The number of rotatable bonds is 3. The molecular weight excluding hydrogens is 215 g/mol. The first kappa shape index (κ1) is 10.6. The van der Waals surface area contributed by atoms with E-state index in [4.69, 9.17) is 0 Å². The molecular formula is C11H13FO2S. The molecule has 1 saturated carbocycles. The summed E-state index contributed by atoms with van der Waals surface area (Å²) in [4.78, 5) is -0.156. The summed E-state index contributed by atoms with van der Waals surface area (Å²) in [5.74, 6) is -0.320. The van der Waals surface area contributed by atoms with Crippen molar-refractivity contribution in [3.63, 3.8) is 0 Å². The minimum Gasteiger partial charge on any atom is -0.224 e. The summed E-state index contributed by atoms with van der Waals surface area (Å²) in [5, 5.41) is 0. The van der Waals surface area contributed by atoms with E-state index < -0.39 is 15.7 Å². The van der Waals surface area contributed by atoms with Gasteiger partial charge in [0.1, 0.15) is 10.7 Å². The molecule has 0 atom stereocenters. The third-order valence-corrected chi connectivity index (χ3v) is 4.76. The van der Waals surface area contributed by atoms with Gasteiger partial charge in [-0.2, -0.15) is 0 Å². The van der Waals surface area contributed by atoms with Gasteiger partial charge >= 0.3 is 0 Å². The van der Waals surface area contributed by atoms with Gasteiger partial charge in [0, 0.05) is 0 Å². The molecule has 0 radical (unpaired) electrons. The lowest BCUT2D eigenvalue weighted by Gasteiger charge is -2.24. The van der Waals surface area contributed by atoms with E-state index in [1.165, 1.54) is 18.2 Å². The van der Waals surface area contributed by atoms with Crippen LogP contribution in [-0.4, -0.2) is 14.2 Å². The van der Waals surface area contributed by atoms with Gasteiger partial charge in [-0.1, -0.05) is 18.6 Å². The molecule has 82 valence electrons. The molecule has 15 heavy (non-hydrogen) atoms. The molecule has 1 aliphatic carbocycles. The molecule has 0 N–H and O–H groups in total. The van der Waals surface area contributed by atoms with Crippen molar-refractivity contribution in [2.24, 2.45) is 5.92 Å². The van der Waals surface area contributed by atoms with Gasteiger partial charge in [-0.25, -0.2) is 12.8 Å². The molecule has 0 amide bonds. The van der Waals surface area contributed by atoms with Crippen LogP contribution in [0.2, 0.25) is 0 Å². The molecule has 0 heterocycles. The first-order chi connectivity index (χ1) is 7.09. The Kier molecular flexibility index (Phi) is 2.78. The van der Waals surface area contributed by atoms with E-state index in [9.17, 15) is 12.8 Å². The number of hydrogen-bond acceptors (Lipinski definition) is 2. The second kappa shape index (κ2) is 3.93. The lowest BCUT2D eigenvalue weighted by atomic mass is 9.87. The minimum absolute atomic E-state index is 0.0912.